The van der Waals surface area contributed by atoms with Crippen LogP contribution in [0.5, 0.6) is 11.5 Å². The Morgan fingerprint density at radius 2 is 1.79 bits per heavy atom. The minimum Gasteiger partial charge on any atom is -0.493 e. The second kappa shape index (κ2) is 7.63. The number of carbonyl (C=O) groups is 1. The van der Waals surface area contributed by atoms with Crippen molar-refractivity contribution in [3.63, 3.8) is 0 Å². The van der Waals surface area contributed by atoms with Gasteiger partial charge in [-0.3, -0.25) is 4.79 Å². The van der Waals surface area contributed by atoms with Crippen LogP contribution in [0.25, 0.3) is 0 Å². The molecule has 106 valence electrons. The number of hydrogen-bond acceptors (Lipinski definition) is 5. The highest BCUT2D eigenvalue weighted by Gasteiger charge is 2.08. The monoisotopic (exact) mass is 267 g/mol. The van der Waals surface area contributed by atoms with Crippen molar-refractivity contribution in [3.05, 3.63) is 23.3 Å². The maximum Gasteiger partial charge on any atom is 0.319 e. The highest BCUT2D eigenvalue weighted by molar-refractivity contribution is 5.71. The van der Waals surface area contributed by atoms with Crippen LogP contribution in [0, 0.1) is 6.92 Å². The third-order valence-corrected chi connectivity index (χ3v) is 2.91. The first-order valence-corrected chi connectivity index (χ1v) is 6.11. The number of carbonyl (C=O) groups excluding carboxylic acids is 1. The number of aryl methyl sites for hydroxylation is 1. The largest absolute Gasteiger partial charge is 0.493 e. The Morgan fingerprint density at radius 3 is 2.37 bits per heavy atom. The molecule has 5 nitrogen and oxygen atoms in total. The van der Waals surface area contributed by atoms with Crippen LogP contribution >= 0.6 is 0 Å². The summed E-state index contributed by atoms with van der Waals surface area (Å²) >= 11 is 0. The van der Waals surface area contributed by atoms with E-state index in [1.54, 1.807) is 14.2 Å². The Morgan fingerprint density at radius 1 is 1.16 bits per heavy atom. The van der Waals surface area contributed by atoms with Gasteiger partial charge in [-0.05, 0) is 43.1 Å². The summed E-state index contributed by atoms with van der Waals surface area (Å²) < 4.78 is 15.1. The SMILES string of the molecule is COC(=O)CNCCc1cc(OC)c(OC)cc1C. The molecule has 0 aliphatic carbocycles. The molecule has 0 fully saturated rings. The molecule has 0 spiro atoms. The maximum atomic E-state index is 11.0. The summed E-state index contributed by atoms with van der Waals surface area (Å²) in [6.07, 6.45) is 0.809. The van der Waals surface area contributed by atoms with Gasteiger partial charge in [0, 0.05) is 0 Å². The lowest BCUT2D eigenvalue weighted by molar-refractivity contribution is -0.139. The van der Waals surface area contributed by atoms with Crippen LogP contribution in [-0.2, 0) is 16.0 Å². The predicted molar refractivity (Wildman–Crippen MR) is 72.9 cm³/mol. The summed E-state index contributed by atoms with van der Waals surface area (Å²) in [4.78, 5) is 11.0. The quantitative estimate of drug-likeness (QED) is 0.596. The van der Waals surface area contributed by atoms with Gasteiger partial charge in [-0.2, -0.15) is 0 Å². The molecule has 0 aromatic heterocycles. The van der Waals surface area contributed by atoms with Crippen LogP contribution in [0.1, 0.15) is 11.1 Å². The van der Waals surface area contributed by atoms with Crippen molar-refractivity contribution in [1.82, 2.24) is 5.32 Å². The molecule has 0 radical (unpaired) electrons. The molecule has 0 unspecified atom stereocenters. The summed E-state index contributed by atoms with van der Waals surface area (Å²) in [7, 11) is 4.61. The molecule has 0 aliphatic rings. The predicted octanol–water partition coefficient (Wildman–Crippen LogP) is 1.32. The Balaban J connectivity index is 2.60. The van der Waals surface area contributed by atoms with Crippen LogP contribution in [-0.4, -0.2) is 40.4 Å². The number of ether oxygens (including phenoxy) is 3. The number of methoxy groups -OCH3 is 3. The fourth-order valence-electron chi connectivity index (χ4n) is 1.78. The van der Waals surface area contributed by atoms with E-state index in [4.69, 9.17) is 9.47 Å². The third kappa shape index (κ3) is 4.44. The van der Waals surface area contributed by atoms with Crippen molar-refractivity contribution in [3.8, 4) is 11.5 Å². The van der Waals surface area contributed by atoms with Gasteiger partial charge < -0.3 is 19.5 Å². The lowest BCUT2D eigenvalue weighted by Crippen LogP contribution is -2.26. The van der Waals surface area contributed by atoms with E-state index in [1.807, 2.05) is 19.1 Å². The van der Waals surface area contributed by atoms with Crippen LogP contribution < -0.4 is 14.8 Å². The van der Waals surface area contributed by atoms with Gasteiger partial charge in [0.1, 0.15) is 0 Å². The average molecular weight is 267 g/mol. The molecule has 0 heterocycles. The topological polar surface area (TPSA) is 56.8 Å². The molecule has 1 rings (SSSR count). The van der Waals surface area contributed by atoms with Crippen molar-refractivity contribution in [1.29, 1.82) is 0 Å². The molecule has 5 heteroatoms. The summed E-state index contributed by atoms with van der Waals surface area (Å²) in [5, 5.41) is 3.03. The van der Waals surface area contributed by atoms with Gasteiger partial charge in [0.05, 0.1) is 27.9 Å². The molecular weight excluding hydrogens is 246 g/mol. The first kappa shape index (κ1) is 15.3. The standard InChI is InChI=1S/C14H21NO4/c1-10-7-12(17-2)13(18-3)8-11(10)5-6-15-9-14(16)19-4/h7-8,15H,5-6,9H2,1-4H3. The van der Waals surface area contributed by atoms with Gasteiger partial charge >= 0.3 is 5.97 Å². The van der Waals surface area contributed by atoms with Crippen molar-refractivity contribution in [2.45, 2.75) is 13.3 Å². The van der Waals surface area contributed by atoms with E-state index < -0.39 is 0 Å². The van der Waals surface area contributed by atoms with E-state index in [9.17, 15) is 4.79 Å². The average Bonchev–Trinajstić information content (AvgIpc) is 2.43. The lowest BCUT2D eigenvalue weighted by Gasteiger charge is -2.13. The summed E-state index contributed by atoms with van der Waals surface area (Å²) in [6, 6.07) is 3.92. The normalized spacial score (nSPS) is 10.1. The Labute approximate surface area is 113 Å². The zero-order valence-corrected chi connectivity index (χ0v) is 11.9. The van der Waals surface area contributed by atoms with E-state index in [0.717, 1.165) is 29.0 Å². The van der Waals surface area contributed by atoms with Gasteiger partial charge in [-0.15, -0.1) is 0 Å². The Kier molecular flexibility index (Phi) is 6.15. The molecule has 19 heavy (non-hydrogen) atoms. The zero-order chi connectivity index (χ0) is 14.3. The number of rotatable bonds is 7. The number of hydrogen-bond donors (Lipinski definition) is 1. The van der Waals surface area contributed by atoms with Gasteiger partial charge in [0.25, 0.3) is 0 Å². The first-order chi connectivity index (χ1) is 9.12. The van der Waals surface area contributed by atoms with Crippen molar-refractivity contribution >= 4 is 5.97 Å². The second-order valence-corrected chi connectivity index (χ2v) is 4.14. The van der Waals surface area contributed by atoms with Gasteiger partial charge in [0.2, 0.25) is 0 Å². The van der Waals surface area contributed by atoms with Gasteiger partial charge in [-0.1, -0.05) is 0 Å². The second-order valence-electron chi connectivity index (χ2n) is 4.14. The van der Waals surface area contributed by atoms with E-state index in [2.05, 4.69) is 10.1 Å². The Bertz CT molecular complexity index is 432. The fourth-order valence-corrected chi connectivity index (χ4v) is 1.78. The smallest absolute Gasteiger partial charge is 0.319 e. The third-order valence-electron chi connectivity index (χ3n) is 2.91. The molecular formula is C14H21NO4. The number of nitrogens with one attached hydrogen (secondary N) is 1. The first-order valence-electron chi connectivity index (χ1n) is 6.11. The summed E-state index contributed by atoms with van der Waals surface area (Å²) in [6.45, 7) is 2.95. The molecule has 1 aromatic rings. The number of benzene rings is 1. The van der Waals surface area contributed by atoms with E-state index in [1.165, 1.54) is 7.11 Å². The minimum absolute atomic E-state index is 0.225. The van der Waals surface area contributed by atoms with Gasteiger partial charge in [-0.25, -0.2) is 0 Å². The van der Waals surface area contributed by atoms with E-state index >= 15 is 0 Å². The molecule has 0 amide bonds. The van der Waals surface area contributed by atoms with Crippen molar-refractivity contribution < 1.29 is 19.0 Å². The van der Waals surface area contributed by atoms with Crippen LogP contribution in [0.3, 0.4) is 0 Å². The zero-order valence-electron chi connectivity index (χ0n) is 11.9. The fraction of sp³-hybridized carbons (Fsp3) is 0.500. The van der Waals surface area contributed by atoms with Crippen molar-refractivity contribution in [2.75, 3.05) is 34.4 Å². The van der Waals surface area contributed by atoms with E-state index in [-0.39, 0.29) is 12.5 Å². The molecule has 1 N–H and O–H groups in total. The minimum atomic E-state index is -0.260. The molecule has 0 saturated carbocycles. The lowest BCUT2D eigenvalue weighted by atomic mass is 10.0. The maximum absolute atomic E-state index is 11.0. The highest BCUT2D eigenvalue weighted by atomic mass is 16.5. The summed E-state index contributed by atoms with van der Waals surface area (Å²) in [5.74, 6) is 1.19. The molecule has 0 atom stereocenters. The van der Waals surface area contributed by atoms with Crippen LogP contribution in [0.15, 0.2) is 12.1 Å². The number of esters is 1. The van der Waals surface area contributed by atoms with Crippen molar-refractivity contribution in [2.24, 2.45) is 0 Å². The molecule has 0 saturated heterocycles. The molecule has 1 aromatic carbocycles. The van der Waals surface area contributed by atoms with Crippen LogP contribution in [0.2, 0.25) is 0 Å². The molecule has 0 bridgehead atoms. The summed E-state index contributed by atoms with van der Waals surface area (Å²) in [5.41, 5.74) is 2.30. The molecule has 0 aliphatic heterocycles. The van der Waals surface area contributed by atoms with Crippen LogP contribution in [0.4, 0.5) is 0 Å². The van der Waals surface area contributed by atoms with Gasteiger partial charge in [0.15, 0.2) is 11.5 Å². The Hall–Kier alpha value is -1.75. The van der Waals surface area contributed by atoms with E-state index in [0.29, 0.717) is 6.54 Å². The highest BCUT2D eigenvalue weighted by Crippen LogP contribution is 2.30.